The Bertz CT molecular complexity index is 863. The number of ether oxygens (including phenoxy) is 4. The number of para-hydroxylation sites is 3. The van der Waals surface area contributed by atoms with Crippen LogP contribution in [0, 0.1) is 0 Å². The highest BCUT2D eigenvalue weighted by Crippen LogP contribution is 2.30. The van der Waals surface area contributed by atoms with Gasteiger partial charge in [-0.05, 0) is 24.3 Å². The standard InChI is InChI=1S/C21H21NO6/c1-25-17-7-3-2-6-15(17)10-11-21(24)27-14-20(23)22-12-16-13-26-18-8-4-5-9-19(18)28-16/h2-11,16H,12-14H2,1H3,(H,22,23)/b11-10+/t16-/m1/s1. The SMILES string of the molecule is COc1ccccc1/C=C/C(=O)OCC(=O)NC[C@@H]1COc2ccccc2O1. The van der Waals surface area contributed by atoms with Crippen molar-refractivity contribution in [2.45, 2.75) is 6.10 Å². The number of hydrogen-bond donors (Lipinski definition) is 1. The molecule has 0 bridgehead atoms. The van der Waals surface area contributed by atoms with E-state index in [1.807, 2.05) is 30.3 Å². The maximum atomic E-state index is 11.9. The Balaban J connectivity index is 1.40. The van der Waals surface area contributed by atoms with E-state index in [4.69, 9.17) is 18.9 Å². The Hall–Kier alpha value is -3.48. The molecule has 0 fully saturated rings. The molecule has 1 aliphatic rings. The van der Waals surface area contributed by atoms with Crippen LogP contribution in [0.5, 0.6) is 17.2 Å². The fourth-order valence-corrected chi connectivity index (χ4v) is 2.59. The van der Waals surface area contributed by atoms with Gasteiger partial charge in [0.1, 0.15) is 18.5 Å². The maximum Gasteiger partial charge on any atom is 0.331 e. The van der Waals surface area contributed by atoms with Crippen LogP contribution in [0.25, 0.3) is 6.08 Å². The number of nitrogens with one attached hydrogen (secondary N) is 1. The predicted octanol–water partition coefficient (Wildman–Crippen LogP) is 2.21. The van der Waals surface area contributed by atoms with E-state index in [1.165, 1.54) is 6.08 Å². The third-order valence-electron chi connectivity index (χ3n) is 3.98. The first kappa shape index (κ1) is 19.3. The average Bonchev–Trinajstić information content (AvgIpc) is 2.74. The smallest absolute Gasteiger partial charge is 0.331 e. The molecule has 0 unspecified atom stereocenters. The fraction of sp³-hybridized carbons (Fsp3) is 0.238. The summed E-state index contributed by atoms with van der Waals surface area (Å²) in [4.78, 5) is 23.7. The van der Waals surface area contributed by atoms with E-state index in [0.717, 1.165) is 5.56 Å². The van der Waals surface area contributed by atoms with Crippen LogP contribution in [0.15, 0.2) is 54.6 Å². The van der Waals surface area contributed by atoms with Gasteiger partial charge in [0.2, 0.25) is 0 Å². The topological polar surface area (TPSA) is 83.1 Å². The molecule has 7 heteroatoms. The van der Waals surface area contributed by atoms with Gasteiger partial charge in [-0.3, -0.25) is 4.79 Å². The molecule has 0 saturated heterocycles. The molecule has 1 heterocycles. The molecule has 0 aromatic heterocycles. The van der Waals surface area contributed by atoms with E-state index < -0.39 is 11.9 Å². The van der Waals surface area contributed by atoms with Gasteiger partial charge in [-0.15, -0.1) is 0 Å². The number of rotatable bonds is 7. The van der Waals surface area contributed by atoms with Crippen LogP contribution < -0.4 is 19.5 Å². The van der Waals surface area contributed by atoms with Gasteiger partial charge in [-0.1, -0.05) is 30.3 Å². The molecule has 146 valence electrons. The van der Waals surface area contributed by atoms with Crippen molar-refractivity contribution in [1.29, 1.82) is 0 Å². The van der Waals surface area contributed by atoms with Crippen molar-refractivity contribution < 1.29 is 28.5 Å². The zero-order valence-corrected chi connectivity index (χ0v) is 15.4. The Labute approximate surface area is 162 Å². The van der Waals surface area contributed by atoms with Crippen LogP contribution in [0.1, 0.15) is 5.56 Å². The number of amides is 1. The third-order valence-corrected chi connectivity index (χ3v) is 3.98. The van der Waals surface area contributed by atoms with Crippen LogP contribution in [-0.2, 0) is 14.3 Å². The summed E-state index contributed by atoms with van der Waals surface area (Å²) in [6.45, 7) is 0.208. The number of fused-ring (bicyclic) bond motifs is 1. The van der Waals surface area contributed by atoms with Crippen molar-refractivity contribution in [3.05, 3.63) is 60.2 Å². The first-order valence-corrected chi connectivity index (χ1v) is 8.79. The monoisotopic (exact) mass is 383 g/mol. The van der Waals surface area contributed by atoms with Crippen molar-refractivity contribution in [1.82, 2.24) is 5.32 Å². The van der Waals surface area contributed by atoms with Gasteiger partial charge in [0, 0.05) is 11.6 Å². The van der Waals surface area contributed by atoms with Crippen molar-refractivity contribution >= 4 is 18.0 Å². The van der Waals surface area contributed by atoms with Gasteiger partial charge in [0.25, 0.3) is 5.91 Å². The second-order valence-electron chi connectivity index (χ2n) is 5.98. The molecule has 1 amide bonds. The lowest BCUT2D eigenvalue weighted by atomic mass is 10.2. The first-order chi connectivity index (χ1) is 13.7. The molecule has 0 radical (unpaired) electrons. The summed E-state index contributed by atoms with van der Waals surface area (Å²) in [6.07, 6.45) is 2.52. The van der Waals surface area contributed by atoms with Gasteiger partial charge in [0.15, 0.2) is 18.1 Å². The van der Waals surface area contributed by atoms with E-state index in [2.05, 4.69) is 5.32 Å². The lowest BCUT2D eigenvalue weighted by Crippen LogP contribution is -2.42. The first-order valence-electron chi connectivity index (χ1n) is 8.79. The van der Waals surface area contributed by atoms with E-state index in [9.17, 15) is 9.59 Å². The van der Waals surface area contributed by atoms with E-state index >= 15 is 0 Å². The molecular weight excluding hydrogens is 362 g/mol. The van der Waals surface area contributed by atoms with Crippen LogP contribution in [0.4, 0.5) is 0 Å². The van der Waals surface area contributed by atoms with Gasteiger partial charge in [0.05, 0.1) is 13.7 Å². The van der Waals surface area contributed by atoms with Crippen LogP contribution >= 0.6 is 0 Å². The summed E-state index contributed by atoms with van der Waals surface area (Å²) < 4.78 is 21.5. The van der Waals surface area contributed by atoms with E-state index in [0.29, 0.717) is 23.9 Å². The largest absolute Gasteiger partial charge is 0.496 e. The normalized spacial score (nSPS) is 15.1. The lowest BCUT2D eigenvalue weighted by molar-refractivity contribution is -0.143. The number of carbonyl (C=O) groups excluding carboxylic acids is 2. The number of benzene rings is 2. The Morgan fingerprint density at radius 3 is 2.71 bits per heavy atom. The summed E-state index contributed by atoms with van der Waals surface area (Å²) in [5.74, 6) is 0.927. The summed E-state index contributed by atoms with van der Waals surface area (Å²) in [7, 11) is 1.55. The molecule has 0 saturated carbocycles. The van der Waals surface area contributed by atoms with Crippen molar-refractivity contribution in [2.75, 3.05) is 26.9 Å². The summed E-state index contributed by atoms with van der Waals surface area (Å²) in [5, 5.41) is 2.67. The van der Waals surface area contributed by atoms with Crippen LogP contribution in [-0.4, -0.2) is 44.8 Å². The molecule has 2 aromatic carbocycles. The Morgan fingerprint density at radius 1 is 1.14 bits per heavy atom. The Morgan fingerprint density at radius 2 is 1.89 bits per heavy atom. The minimum absolute atomic E-state index is 0.252. The highest BCUT2D eigenvalue weighted by molar-refractivity contribution is 5.89. The minimum Gasteiger partial charge on any atom is -0.496 e. The molecule has 28 heavy (non-hydrogen) atoms. The fourth-order valence-electron chi connectivity index (χ4n) is 2.59. The van der Waals surface area contributed by atoms with Gasteiger partial charge >= 0.3 is 5.97 Å². The third kappa shape index (κ3) is 5.26. The molecule has 3 rings (SSSR count). The van der Waals surface area contributed by atoms with E-state index in [1.54, 1.807) is 31.4 Å². The molecule has 1 atom stereocenters. The lowest BCUT2D eigenvalue weighted by Gasteiger charge is -2.26. The van der Waals surface area contributed by atoms with E-state index in [-0.39, 0.29) is 19.3 Å². The van der Waals surface area contributed by atoms with Gasteiger partial charge in [-0.25, -0.2) is 4.79 Å². The average molecular weight is 383 g/mol. The van der Waals surface area contributed by atoms with Crippen LogP contribution in [0.3, 0.4) is 0 Å². The van der Waals surface area contributed by atoms with Crippen LogP contribution in [0.2, 0.25) is 0 Å². The molecule has 0 spiro atoms. The Kier molecular flexibility index (Phi) is 6.51. The van der Waals surface area contributed by atoms with Gasteiger partial charge < -0.3 is 24.3 Å². The van der Waals surface area contributed by atoms with Crippen molar-refractivity contribution in [2.24, 2.45) is 0 Å². The molecule has 2 aromatic rings. The quantitative estimate of drug-likeness (QED) is 0.583. The molecular formula is C21H21NO6. The molecule has 0 aliphatic carbocycles. The minimum atomic E-state index is -0.618. The zero-order chi connectivity index (χ0) is 19.8. The number of hydrogen-bond acceptors (Lipinski definition) is 6. The summed E-state index contributed by atoms with van der Waals surface area (Å²) in [6, 6.07) is 14.6. The number of carbonyl (C=O) groups is 2. The molecule has 7 nitrogen and oxygen atoms in total. The molecule has 1 aliphatic heterocycles. The number of esters is 1. The highest BCUT2D eigenvalue weighted by atomic mass is 16.6. The zero-order valence-electron chi connectivity index (χ0n) is 15.4. The maximum absolute atomic E-state index is 11.9. The van der Waals surface area contributed by atoms with Crippen molar-refractivity contribution in [3.8, 4) is 17.2 Å². The van der Waals surface area contributed by atoms with Gasteiger partial charge in [-0.2, -0.15) is 0 Å². The summed E-state index contributed by atoms with van der Waals surface area (Å²) >= 11 is 0. The predicted molar refractivity (Wildman–Crippen MR) is 102 cm³/mol. The number of methoxy groups -OCH3 is 1. The van der Waals surface area contributed by atoms with Crippen molar-refractivity contribution in [3.63, 3.8) is 0 Å². The molecule has 1 N–H and O–H groups in total. The highest BCUT2D eigenvalue weighted by Gasteiger charge is 2.21. The second kappa shape index (κ2) is 9.45. The second-order valence-corrected chi connectivity index (χ2v) is 5.98. The summed E-state index contributed by atoms with van der Waals surface area (Å²) in [5.41, 5.74) is 0.737.